The van der Waals surface area contributed by atoms with E-state index >= 15 is 0 Å². The molecule has 2 heterocycles. The fourth-order valence-electron chi connectivity index (χ4n) is 3.65. The van der Waals surface area contributed by atoms with Gasteiger partial charge in [-0.15, -0.1) is 0 Å². The second-order valence-electron chi connectivity index (χ2n) is 8.15. The number of nitrogens with two attached hydrogens (primary N) is 1. The summed E-state index contributed by atoms with van der Waals surface area (Å²) in [7, 11) is 5.77. The SMILES string of the molecule is CN(C)CCN(C)c1cc(OC(F)F)c(Nc2nccc(-c3c[nH]c4ccccc34)n2)cc1N. The second-order valence-corrected chi connectivity index (χ2v) is 8.15. The fourth-order valence-corrected chi connectivity index (χ4v) is 3.65. The molecule has 4 N–H and O–H groups in total. The van der Waals surface area contributed by atoms with Gasteiger partial charge in [0, 0.05) is 55.1 Å². The van der Waals surface area contributed by atoms with E-state index in [1.165, 1.54) is 6.07 Å². The fraction of sp³-hybridized carbons (Fsp3) is 0.250. The first-order valence-electron chi connectivity index (χ1n) is 10.7. The maximum atomic E-state index is 13.2. The average molecular weight is 468 g/mol. The molecule has 8 nitrogen and oxygen atoms in total. The van der Waals surface area contributed by atoms with Crippen molar-refractivity contribution in [3.63, 3.8) is 0 Å². The number of likely N-dealkylation sites (N-methyl/N-ethyl adjacent to an activating group) is 2. The number of nitrogen functional groups attached to an aromatic ring is 1. The van der Waals surface area contributed by atoms with E-state index in [9.17, 15) is 8.78 Å². The molecule has 178 valence electrons. The van der Waals surface area contributed by atoms with Crippen molar-refractivity contribution in [2.75, 3.05) is 50.2 Å². The molecule has 0 unspecified atom stereocenters. The van der Waals surface area contributed by atoms with Crippen LogP contribution in [0.3, 0.4) is 0 Å². The van der Waals surface area contributed by atoms with Gasteiger partial charge in [0.1, 0.15) is 0 Å². The zero-order valence-corrected chi connectivity index (χ0v) is 19.2. The van der Waals surface area contributed by atoms with Crippen molar-refractivity contribution in [2.24, 2.45) is 0 Å². The van der Waals surface area contributed by atoms with Crippen LogP contribution in [0, 0.1) is 0 Å². The Morgan fingerprint density at radius 2 is 1.91 bits per heavy atom. The minimum absolute atomic E-state index is 0.0444. The number of nitrogens with one attached hydrogen (secondary N) is 2. The molecule has 0 amide bonds. The maximum Gasteiger partial charge on any atom is 0.387 e. The molecule has 10 heteroatoms. The van der Waals surface area contributed by atoms with Gasteiger partial charge in [-0.2, -0.15) is 8.78 Å². The summed E-state index contributed by atoms with van der Waals surface area (Å²) in [5.74, 6) is 0.187. The van der Waals surface area contributed by atoms with E-state index in [4.69, 9.17) is 10.5 Å². The van der Waals surface area contributed by atoms with Crippen molar-refractivity contribution in [1.82, 2.24) is 19.9 Å². The molecule has 0 aliphatic rings. The number of hydrogen-bond acceptors (Lipinski definition) is 7. The third kappa shape index (κ3) is 5.18. The molecule has 0 saturated heterocycles. The average Bonchev–Trinajstić information content (AvgIpc) is 3.23. The van der Waals surface area contributed by atoms with E-state index in [-0.39, 0.29) is 17.4 Å². The Balaban J connectivity index is 1.65. The number of H-pyrrole nitrogens is 1. The van der Waals surface area contributed by atoms with Crippen molar-refractivity contribution in [1.29, 1.82) is 0 Å². The van der Waals surface area contributed by atoms with Crippen molar-refractivity contribution in [3.8, 4) is 17.0 Å². The number of anilines is 4. The summed E-state index contributed by atoms with van der Waals surface area (Å²) in [6.07, 6.45) is 3.48. The number of fused-ring (bicyclic) bond motifs is 1. The Hall–Kier alpha value is -3.92. The molecular weight excluding hydrogens is 440 g/mol. The summed E-state index contributed by atoms with van der Waals surface area (Å²) < 4.78 is 31.2. The maximum absolute atomic E-state index is 13.2. The Morgan fingerprint density at radius 1 is 1.12 bits per heavy atom. The molecule has 4 rings (SSSR count). The van der Waals surface area contributed by atoms with Crippen LogP contribution in [0.15, 0.2) is 54.9 Å². The summed E-state index contributed by atoms with van der Waals surface area (Å²) in [6.45, 7) is -1.56. The largest absolute Gasteiger partial charge is 0.433 e. The number of benzene rings is 2. The first-order chi connectivity index (χ1) is 16.3. The van der Waals surface area contributed by atoms with E-state index in [0.29, 0.717) is 23.6 Å². The van der Waals surface area contributed by atoms with Crippen molar-refractivity contribution >= 4 is 33.9 Å². The third-order valence-electron chi connectivity index (χ3n) is 5.41. The monoisotopic (exact) mass is 467 g/mol. The highest BCUT2D eigenvalue weighted by Crippen LogP contribution is 2.37. The van der Waals surface area contributed by atoms with Crippen LogP contribution >= 0.6 is 0 Å². The van der Waals surface area contributed by atoms with Crippen LogP contribution in [-0.4, -0.2) is 60.7 Å². The first-order valence-corrected chi connectivity index (χ1v) is 10.7. The lowest BCUT2D eigenvalue weighted by Crippen LogP contribution is -2.29. The summed E-state index contributed by atoms with van der Waals surface area (Å²) in [5.41, 5.74) is 10.1. The summed E-state index contributed by atoms with van der Waals surface area (Å²) in [5, 5.41) is 4.00. The van der Waals surface area contributed by atoms with Gasteiger partial charge in [0.2, 0.25) is 5.95 Å². The highest BCUT2D eigenvalue weighted by atomic mass is 19.3. The number of alkyl halides is 2. The zero-order valence-electron chi connectivity index (χ0n) is 19.2. The molecule has 0 aliphatic heterocycles. The van der Waals surface area contributed by atoms with Crippen LogP contribution in [0.1, 0.15) is 0 Å². The molecule has 0 spiro atoms. The quantitative estimate of drug-likeness (QED) is 0.311. The Kier molecular flexibility index (Phi) is 6.78. The number of nitrogens with zero attached hydrogens (tertiary/aromatic N) is 4. The predicted octanol–water partition coefficient (Wildman–Crippen LogP) is 4.55. The van der Waals surface area contributed by atoms with Crippen LogP contribution < -0.4 is 20.7 Å². The number of para-hydroxylation sites is 1. The number of halogens is 2. The van der Waals surface area contributed by atoms with Gasteiger partial charge in [-0.05, 0) is 32.3 Å². The molecule has 0 bridgehead atoms. The van der Waals surface area contributed by atoms with Gasteiger partial charge in [-0.25, -0.2) is 9.97 Å². The molecule has 4 aromatic rings. The van der Waals surface area contributed by atoms with Crippen LogP contribution in [0.4, 0.5) is 31.8 Å². The minimum Gasteiger partial charge on any atom is -0.433 e. The van der Waals surface area contributed by atoms with Crippen LogP contribution in [0.5, 0.6) is 5.75 Å². The molecule has 2 aromatic carbocycles. The van der Waals surface area contributed by atoms with E-state index in [1.54, 1.807) is 18.3 Å². The van der Waals surface area contributed by atoms with Gasteiger partial charge < -0.3 is 30.6 Å². The van der Waals surface area contributed by atoms with Crippen molar-refractivity contribution in [2.45, 2.75) is 6.61 Å². The van der Waals surface area contributed by atoms with Gasteiger partial charge >= 0.3 is 6.61 Å². The summed E-state index contributed by atoms with van der Waals surface area (Å²) >= 11 is 0. The van der Waals surface area contributed by atoms with Crippen LogP contribution in [0.25, 0.3) is 22.2 Å². The highest BCUT2D eigenvalue weighted by molar-refractivity contribution is 5.94. The predicted molar refractivity (Wildman–Crippen MR) is 132 cm³/mol. The zero-order chi connectivity index (χ0) is 24.2. The number of hydrogen-bond donors (Lipinski definition) is 3. The van der Waals surface area contributed by atoms with Gasteiger partial charge in [0.25, 0.3) is 0 Å². The Bertz CT molecular complexity index is 1280. The smallest absolute Gasteiger partial charge is 0.387 e. The summed E-state index contributed by atoms with van der Waals surface area (Å²) in [6, 6.07) is 12.7. The van der Waals surface area contributed by atoms with Gasteiger partial charge in [0.15, 0.2) is 5.75 Å². The highest BCUT2D eigenvalue weighted by Gasteiger charge is 2.17. The number of aromatic amines is 1. The molecule has 0 radical (unpaired) electrons. The molecule has 0 aliphatic carbocycles. The minimum atomic E-state index is -3.00. The van der Waals surface area contributed by atoms with E-state index in [2.05, 4.69) is 20.3 Å². The molecule has 2 aromatic heterocycles. The lowest BCUT2D eigenvalue weighted by molar-refractivity contribution is -0.0493. The Morgan fingerprint density at radius 3 is 2.68 bits per heavy atom. The lowest BCUT2D eigenvalue weighted by atomic mass is 10.1. The standard InChI is InChI=1S/C24H27F2N7O/c1-32(2)10-11-33(3)21-13-22(34-23(25)26)20(12-17(21)27)31-24-28-9-8-19(30-24)16-14-29-18-7-5-4-6-15(16)18/h4-9,12-14,23,29H,10-11,27H2,1-3H3,(H,28,30,31). The molecular formula is C24H27F2N7O. The van der Waals surface area contributed by atoms with Crippen molar-refractivity contribution < 1.29 is 13.5 Å². The Labute approximate surface area is 196 Å². The van der Waals surface area contributed by atoms with Gasteiger partial charge in [-0.1, -0.05) is 18.2 Å². The number of aromatic nitrogens is 3. The summed E-state index contributed by atoms with van der Waals surface area (Å²) in [4.78, 5) is 16.0. The molecule has 34 heavy (non-hydrogen) atoms. The van der Waals surface area contributed by atoms with Crippen molar-refractivity contribution in [3.05, 3.63) is 54.9 Å². The van der Waals surface area contributed by atoms with E-state index in [1.807, 2.05) is 61.4 Å². The molecule has 0 saturated carbocycles. The number of rotatable bonds is 9. The second kappa shape index (κ2) is 9.92. The van der Waals surface area contributed by atoms with Gasteiger partial charge in [-0.3, -0.25) is 0 Å². The topological polar surface area (TPSA) is 95.3 Å². The lowest BCUT2D eigenvalue weighted by Gasteiger charge is -2.24. The van der Waals surface area contributed by atoms with Gasteiger partial charge in [0.05, 0.1) is 22.8 Å². The molecule has 0 fully saturated rings. The van der Waals surface area contributed by atoms with E-state index in [0.717, 1.165) is 23.0 Å². The van der Waals surface area contributed by atoms with E-state index < -0.39 is 6.61 Å². The molecule has 0 atom stereocenters. The first kappa shape index (κ1) is 23.2. The van der Waals surface area contributed by atoms with Crippen LogP contribution in [-0.2, 0) is 0 Å². The number of ether oxygens (including phenoxy) is 1. The third-order valence-corrected chi connectivity index (χ3v) is 5.41. The normalized spacial score (nSPS) is 11.4. The van der Waals surface area contributed by atoms with Crippen LogP contribution in [0.2, 0.25) is 0 Å².